The van der Waals surface area contributed by atoms with E-state index in [1.54, 1.807) is 25.3 Å². The summed E-state index contributed by atoms with van der Waals surface area (Å²) < 4.78 is 5.30. The first kappa shape index (κ1) is 14.6. The number of hydrogen-bond acceptors (Lipinski definition) is 6. The average molecular weight is 283 g/mol. The van der Waals surface area contributed by atoms with E-state index in [9.17, 15) is 5.26 Å². The number of anilines is 3. The first-order valence-electron chi connectivity index (χ1n) is 6.64. The lowest BCUT2D eigenvalue weighted by molar-refractivity contribution is 0.416. The molecular weight excluding hydrogens is 266 g/mol. The summed E-state index contributed by atoms with van der Waals surface area (Å²) in [6.45, 7) is 2.06. The van der Waals surface area contributed by atoms with Crippen LogP contribution in [0.1, 0.15) is 24.5 Å². The summed E-state index contributed by atoms with van der Waals surface area (Å²) in [5, 5.41) is 12.4. The van der Waals surface area contributed by atoms with Gasteiger partial charge in [0.05, 0.1) is 12.7 Å². The largest absolute Gasteiger partial charge is 0.495 e. The summed E-state index contributed by atoms with van der Waals surface area (Å²) in [6, 6.07) is 7.41. The van der Waals surface area contributed by atoms with Crippen molar-refractivity contribution in [3.8, 4) is 11.8 Å². The lowest BCUT2D eigenvalue weighted by Crippen LogP contribution is -2.06. The van der Waals surface area contributed by atoms with Gasteiger partial charge in [0.25, 0.3) is 0 Å². The average Bonchev–Trinajstić information content (AvgIpc) is 2.51. The van der Waals surface area contributed by atoms with E-state index in [0.717, 1.165) is 18.4 Å². The third-order valence-corrected chi connectivity index (χ3v) is 3.09. The highest BCUT2D eigenvalue weighted by Gasteiger charge is 2.14. The molecule has 21 heavy (non-hydrogen) atoms. The molecule has 6 nitrogen and oxygen atoms in total. The van der Waals surface area contributed by atoms with Gasteiger partial charge in [0, 0.05) is 5.56 Å². The van der Waals surface area contributed by atoms with Crippen LogP contribution in [0.3, 0.4) is 0 Å². The third kappa shape index (κ3) is 3.03. The number of rotatable bonds is 5. The molecule has 0 saturated carbocycles. The minimum absolute atomic E-state index is 0.447. The monoisotopic (exact) mass is 283 g/mol. The van der Waals surface area contributed by atoms with E-state index in [2.05, 4.69) is 28.3 Å². The molecule has 1 aromatic heterocycles. The van der Waals surface area contributed by atoms with E-state index in [1.165, 1.54) is 6.33 Å². The van der Waals surface area contributed by atoms with Crippen LogP contribution in [0.5, 0.6) is 5.75 Å². The predicted octanol–water partition coefficient (Wildman–Crippen LogP) is 2.64. The van der Waals surface area contributed by atoms with E-state index >= 15 is 0 Å². The van der Waals surface area contributed by atoms with E-state index < -0.39 is 0 Å². The van der Waals surface area contributed by atoms with Crippen molar-refractivity contribution in [2.45, 2.75) is 19.8 Å². The number of hydrogen-bond donors (Lipinski definition) is 2. The zero-order valence-electron chi connectivity index (χ0n) is 12.1. The topological polar surface area (TPSA) is 96.9 Å². The summed E-state index contributed by atoms with van der Waals surface area (Å²) in [5.41, 5.74) is 7.82. The Morgan fingerprint density at radius 2 is 2.19 bits per heavy atom. The Morgan fingerprint density at radius 3 is 2.86 bits per heavy atom. The fourth-order valence-electron chi connectivity index (χ4n) is 2.07. The molecule has 2 aromatic rings. The molecule has 0 aliphatic heterocycles. The van der Waals surface area contributed by atoms with Gasteiger partial charge in [-0.3, -0.25) is 0 Å². The van der Waals surface area contributed by atoms with Crippen LogP contribution in [0.25, 0.3) is 0 Å². The highest BCUT2D eigenvalue weighted by molar-refractivity contribution is 5.74. The van der Waals surface area contributed by atoms with Gasteiger partial charge >= 0.3 is 0 Å². The van der Waals surface area contributed by atoms with Crippen molar-refractivity contribution in [1.82, 2.24) is 9.97 Å². The predicted molar refractivity (Wildman–Crippen MR) is 81.4 cm³/mol. The number of nitrogens with two attached hydrogens (primary N) is 1. The van der Waals surface area contributed by atoms with Gasteiger partial charge in [-0.25, -0.2) is 9.97 Å². The van der Waals surface area contributed by atoms with Gasteiger partial charge in [-0.05, 0) is 18.6 Å². The van der Waals surface area contributed by atoms with E-state index in [1.807, 2.05) is 0 Å². The van der Waals surface area contributed by atoms with Gasteiger partial charge in [-0.1, -0.05) is 19.4 Å². The number of nitriles is 1. The van der Waals surface area contributed by atoms with E-state index in [4.69, 9.17) is 10.5 Å². The zero-order chi connectivity index (χ0) is 15.2. The van der Waals surface area contributed by atoms with Crippen molar-refractivity contribution >= 4 is 17.3 Å². The Hall–Kier alpha value is -2.81. The fraction of sp³-hybridized carbons (Fsp3) is 0.267. The van der Waals surface area contributed by atoms with Gasteiger partial charge in [0.1, 0.15) is 35.5 Å². The van der Waals surface area contributed by atoms with Crippen LogP contribution in [0.2, 0.25) is 0 Å². The smallest absolute Gasteiger partial charge is 0.143 e. The van der Waals surface area contributed by atoms with Crippen LogP contribution in [-0.4, -0.2) is 17.1 Å². The Morgan fingerprint density at radius 1 is 1.38 bits per heavy atom. The molecular formula is C15H17N5O. The number of nitrogens with zero attached hydrogens (tertiary/aromatic N) is 3. The lowest BCUT2D eigenvalue weighted by Gasteiger charge is -2.15. The maximum Gasteiger partial charge on any atom is 0.143 e. The van der Waals surface area contributed by atoms with Gasteiger partial charge < -0.3 is 15.8 Å². The molecule has 0 radical (unpaired) electrons. The molecule has 1 heterocycles. The van der Waals surface area contributed by atoms with Crippen molar-refractivity contribution in [1.29, 1.82) is 5.26 Å². The van der Waals surface area contributed by atoms with Crippen molar-refractivity contribution in [3.63, 3.8) is 0 Å². The van der Waals surface area contributed by atoms with Gasteiger partial charge in [-0.2, -0.15) is 5.26 Å². The molecule has 0 spiro atoms. The Kier molecular flexibility index (Phi) is 4.57. The summed E-state index contributed by atoms with van der Waals surface area (Å²) in [4.78, 5) is 8.25. The van der Waals surface area contributed by atoms with E-state index in [-0.39, 0.29) is 0 Å². The molecule has 6 heteroatoms. The number of para-hydroxylation sites is 1. The molecule has 2 rings (SSSR count). The molecule has 1 aromatic carbocycles. The van der Waals surface area contributed by atoms with E-state index in [0.29, 0.717) is 28.6 Å². The number of nitrogen functional groups attached to an aromatic ring is 1. The van der Waals surface area contributed by atoms with Crippen molar-refractivity contribution in [3.05, 3.63) is 35.7 Å². The van der Waals surface area contributed by atoms with Crippen LogP contribution < -0.4 is 15.8 Å². The minimum atomic E-state index is 0.447. The molecule has 0 atom stereocenters. The summed E-state index contributed by atoms with van der Waals surface area (Å²) >= 11 is 0. The van der Waals surface area contributed by atoms with Gasteiger partial charge in [0.15, 0.2) is 0 Å². The van der Waals surface area contributed by atoms with Crippen molar-refractivity contribution < 1.29 is 4.74 Å². The summed E-state index contributed by atoms with van der Waals surface area (Å²) in [5.74, 6) is 1.63. The van der Waals surface area contributed by atoms with Crippen molar-refractivity contribution in [2.75, 3.05) is 18.2 Å². The standard InChI is InChI=1S/C15H17N5O/c1-3-5-11-14(17)18-9-19-15(11)20-13-10(8-16)6-4-7-12(13)21-2/h4,6-7,9H,3,5H2,1-2H3,(H3,17,18,19,20). The molecule has 0 unspecified atom stereocenters. The second kappa shape index (κ2) is 6.57. The van der Waals surface area contributed by atoms with Crippen LogP contribution in [0, 0.1) is 11.3 Å². The Balaban J connectivity index is 2.48. The molecule has 0 saturated heterocycles. The second-order valence-corrected chi connectivity index (χ2v) is 4.46. The first-order chi connectivity index (χ1) is 10.2. The Labute approximate surface area is 123 Å². The molecule has 0 fully saturated rings. The molecule has 0 amide bonds. The summed E-state index contributed by atoms with van der Waals surface area (Å²) in [6.07, 6.45) is 3.08. The van der Waals surface area contributed by atoms with Gasteiger partial charge in [0.2, 0.25) is 0 Å². The normalized spacial score (nSPS) is 9.95. The van der Waals surface area contributed by atoms with Crippen LogP contribution in [-0.2, 0) is 6.42 Å². The maximum absolute atomic E-state index is 9.24. The van der Waals surface area contributed by atoms with Crippen LogP contribution in [0.15, 0.2) is 24.5 Å². The highest BCUT2D eigenvalue weighted by atomic mass is 16.5. The Bertz CT molecular complexity index is 678. The fourth-order valence-corrected chi connectivity index (χ4v) is 2.07. The number of methoxy groups -OCH3 is 1. The molecule has 3 N–H and O–H groups in total. The van der Waals surface area contributed by atoms with Crippen molar-refractivity contribution in [2.24, 2.45) is 0 Å². The maximum atomic E-state index is 9.24. The summed E-state index contributed by atoms with van der Waals surface area (Å²) in [7, 11) is 1.56. The number of nitrogens with one attached hydrogen (secondary N) is 1. The zero-order valence-corrected chi connectivity index (χ0v) is 12.1. The third-order valence-electron chi connectivity index (χ3n) is 3.09. The SMILES string of the molecule is CCCc1c(N)ncnc1Nc1c(C#N)cccc1OC. The lowest BCUT2D eigenvalue weighted by atomic mass is 10.1. The quantitative estimate of drug-likeness (QED) is 0.875. The highest BCUT2D eigenvalue weighted by Crippen LogP contribution is 2.32. The number of benzene rings is 1. The molecule has 0 aliphatic carbocycles. The number of ether oxygens (including phenoxy) is 1. The van der Waals surface area contributed by atoms with Crippen LogP contribution in [0.4, 0.5) is 17.3 Å². The minimum Gasteiger partial charge on any atom is -0.495 e. The van der Waals surface area contributed by atoms with Crippen LogP contribution >= 0.6 is 0 Å². The number of aromatic nitrogens is 2. The van der Waals surface area contributed by atoms with Gasteiger partial charge in [-0.15, -0.1) is 0 Å². The molecule has 0 aliphatic rings. The molecule has 108 valence electrons. The second-order valence-electron chi connectivity index (χ2n) is 4.46. The molecule has 0 bridgehead atoms. The first-order valence-corrected chi connectivity index (χ1v) is 6.64.